The van der Waals surface area contributed by atoms with Gasteiger partial charge in [-0.25, -0.2) is 4.90 Å². The molecule has 6 nitrogen and oxygen atoms in total. The van der Waals surface area contributed by atoms with Gasteiger partial charge in [0.05, 0.1) is 28.2 Å². The van der Waals surface area contributed by atoms with Crippen LogP contribution in [-0.4, -0.2) is 48.8 Å². The molecule has 2 aromatic rings. The Bertz CT molecular complexity index is 1160. The van der Waals surface area contributed by atoms with Crippen molar-refractivity contribution in [2.24, 2.45) is 23.7 Å². The maximum Gasteiger partial charge on any atom is 0.254 e. The predicted octanol–water partition coefficient (Wildman–Crippen LogP) is 3.61. The standard InChI is InChI=1S/C26H24ClN3O3/c27-20-6-1-2-7-21(20)28-10-12-29(13-11-28)24(31)18-4-3-5-19(15-18)30-25(32)22-16-8-9-17(14-16)23(22)26(30)33/h1-9,15-17,22-23H,10-14H2/t16-,17-,22-,23-/m0/s1. The third kappa shape index (κ3) is 3.19. The third-order valence-electron chi connectivity index (χ3n) is 7.58. The van der Waals surface area contributed by atoms with Crippen LogP contribution in [0.1, 0.15) is 16.8 Å². The van der Waals surface area contributed by atoms with Crippen molar-refractivity contribution in [2.45, 2.75) is 6.42 Å². The van der Waals surface area contributed by atoms with Crippen molar-refractivity contribution < 1.29 is 14.4 Å². The van der Waals surface area contributed by atoms with Gasteiger partial charge in [0.1, 0.15) is 0 Å². The van der Waals surface area contributed by atoms with Crippen LogP contribution < -0.4 is 9.80 Å². The first-order chi connectivity index (χ1) is 16.0. The third-order valence-corrected chi connectivity index (χ3v) is 7.90. The number of benzene rings is 2. The Hall–Kier alpha value is -3.12. The summed E-state index contributed by atoms with van der Waals surface area (Å²) in [6.07, 6.45) is 5.07. The lowest BCUT2D eigenvalue weighted by atomic mass is 9.85. The maximum absolute atomic E-state index is 13.2. The summed E-state index contributed by atoms with van der Waals surface area (Å²) in [6, 6.07) is 14.7. The van der Waals surface area contributed by atoms with Crippen LogP contribution in [0.3, 0.4) is 0 Å². The topological polar surface area (TPSA) is 60.9 Å². The molecule has 2 aliphatic carbocycles. The molecule has 1 saturated carbocycles. The van der Waals surface area contributed by atoms with E-state index in [9.17, 15) is 14.4 Å². The molecular weight excluding hydrogens is 438 g/mol. The molecule has 0 radical (unpaired) electrons. The van der Waals surface area contributed by atoms with E-state index in [2.05, 4.69) is 17.1 Å². The quantitative estimate of drug-likeness (QED) is 0.517. The molecule has 4 atom stereocenters. The maximum atomic E-state index is 13.2. The highest BCUT2D eigenvalue weighted by Gasteiger charge is 2.59. The van der Waals surface area contributed by atoms with Crippen LogP contribution in [0.2, 0.25) is 5.02 Å². The Morgan fingerprint density at radius 1 is 0.848 bits per heavy atom. The van der Waals surface area contributed by atoms with Crippen molar-refractivity contribution in [3.63, 3.8) is 0 Å². The number of rotatable bonds is 3. The summed E-state index contributed by atoms with van der Waals surface area (Å²) in [6.45, 7) is 2.54. The number of carbonyl (C=O) groups is 3. The van der Waals surface area contributed by atoms with Crippen LogP contribution >= 0.6 is 11.6 Å². The lowest BCUT2D eigenvalue weighted by Crippen LogP contribution is -2.48. The Morgan fingerprint density at radius 3 is 2.18 bits per heavy atom. The van der Waals surface area contributed by atoms with Crippen LogP contribution in [0, 0.1) is 23.7 Å². The number of amides is 3. The van der Waals surface area contributed by atoms with Crippen LogP contribution in [0.5, 0.6) is 0 Å². The number of fused-ring (bicyclic) bond motifs is 5. The van der Waals surface area contributed by atoms with Gasteiger partial charge in [0.2, 0.25) is 11.8 Å². The molecule has 0 unspecified atom stereocenters. The number of hydrogen-bond donors (Lipinski definition) is 0. The zero-order valence-corrected chi connectivity index (χ0v) is 18.8. The summed E-state index contributed by atoms with van der Waals surface area (Å²) in [5.41, 5.74) is 1.98. The molecule has 2 heterocycles. The zero-order valence-electron chi connectivity index (χ0n) is 18.1. The molecule has 4 aliphatic rings. The number of para-hydroxylation sites is 1. The Morgan fingerprint density at radius 2 is 1.52 bits per heavy atom. The highest BCUT2D eigenvalue weighted by molar-refractivity contribution is 6.33. The van der Waals surface area contributed by atoms with Gasteiger partial charge in [0.15, 0.2) is 0 Å². The number of anilines is 2. The number of allylic oxidation sites excluding steroid dienone is 2. The molecule has 2 aliphatic heterocycles. The van der Waals surface area contributed by atoms with Gasteiger partial charge in [0, 0.05) is 31.7 Å². The van der Waals surface area contributed by atoms with Crippen molar-refractivity contribution in [2.75, 3.05) is 36.0 Å². The highest BCUT2D eigenvalue weighted by Crippen LogP contribution is 2.53. The fraction of sp³-hybridized carbons (Fsp3) is 0.346. The fourth-order valence-electron chi connectivity index (χ4n) is 5.98. The van der Waals surface area contributed by atoms with Crippen molar-refractivity contribution in [1.29, 1.82) is 0 Å². The van der Waals surface area contributed by atoms with E-state index in [0.717, 1.165) is 12.1 Å². The molecule has 168 valence electrons. The summed E-state index contributed by atoms with van der Waals surface area (Å²) in [5.74, 6) is -0.493. The summed E-state index contributed by atoms with van der Waals surface area (Å²) >= 11 is 6.33. The molecule has 33 heavy (non-hydrogen) atoms. The van der Waals surface area contributed by atoms with E-state index in [-0.39, 0.29) is 41.4 Å². The van der Waals surface area contributed by atoms with Gasteiger partial charge in [-0.3, -0.25) is 14.4 Å². The number of carbonyl (C=O) groups excluding carboxylic acids is 3. The van der Waals surface area contributed by atoms with Gasteiger partial charge >= 0.3 is 0 Å². The predicted molar refractivity (Wildman–Crippen MR) is 126 cm³/mol. The monoisotopic (exact) mass is 461 g/mol. The molecule has 0 N–H and O–H groups in total. The largest absolute Gasteiger partial charge is 0.367 e. The Labute approximate surface area is 197 Å². The van der Waals surface area contributed by atoms with E-state index in [1.54, 1.807) is 24.3 Å². The summed E-state index contributed by atoms with van der Waals surface area (Å²) in [5, 5.41) is 0.707. The lowest BCUT2D eigenvalue weighted by molar-refractivity contribution is -0.123. The van der Waals surface area contributed by atoms with Gasteiger partial charge in [0.25, 0.3) is 5.91 Å². The molecule has 0 aromatic heterocycles. The SMILES string of the molecule is O=C(c1cccc(N2C(=O)[C@@H]3[C@@H](C2=O)[C@H]2C=C[C@H]3C2)c1)N1CCN(c2ccccc2Cl)CC1. The number of piperazine rings is 1. The Kier molecular flexibility index (Phi) is 4.80. The lowest BCUT2D eigenvalue weighted by Gasteiger charge is -2.36. The average molecular weight is 462 g/mol. The number of hydrogen-bond acceptors (Lipinski definition) is 4. The van der Waals surface area contributed by atoms with Gasteiger partial charge in [-0.2, -0.15) is 0 Å². The summed E-state index contributed by atoms with van der Waals surface area (Å²) < 4.78 is 0. The van der Waals surface area contributed by atoms with Crippen molar-refractivity contribution in [1.82, 2.24) is 4.90 Å². The second-order valence-electron chi connectivity index (χ2n) is 9.29. The van der Waals surface area contributed by atoms with E-state index in [1.807, 2.05) is 29.2 Å². The van der Waals surface area contributed by atoms with Gasteiger partial charge < -0.3 is 9.80 Å². The first kappa shape index (κ1) is 20.5. The van der Waals surface area contributed by atoms with Crippen LogP contribution in [0.15, 0.2) is 60.7 Å². The summed E-state index contributed by atoms with van der Waals surface area (Å²) in [7, 11) is 0. The minimum absolute atomic E-state index is 0.0864. The smallest absolute Gasteiger partial charge is 0.254 e. The van der Waals surface area contributed by atoms with E-state index >= 15 is 0 Å². The number of nitrogens with zero attached hydrogens (tertiary/aromatic N) is 3. The van der Waals surface area contributed by atoms with Crippen LogP contribution in [0.25, 0.3) is 0 Å². The van der Waals surface area contributed by atoms with Gasteiger partial charge in [-0.1, -0.05) is 42.0 Å². The molecule has 2 bridgehead atoms. The molecule has 3 amide bonds. The second-order valence-corrected chi connectivity index (χ2v) is 9.70. The van der Waals surface area contributed by atoms with Gasteiger partial charge in [-0.15, -0.1) is 0 Å². The van der Waals surface area contributed by atoms with Crippen molar-refractivity contribution in [3.05, 3.63) is 71.3 Å². The highest BCUT2D eigenvalue weighted by atomic mass is 35.5. The second kappa shape index (κ2) is 7.73. The first-order valence-corrected chi connectivity index (χ1v) is 11.9. The minimum atomic E-state index is -0.246. The molecule has 0 spiro atoms. The molecule has 6 rings (SSSR count). The van der Waals surface area contributed by atoms with E-state index in [1.165, 1.54) is 4.90 Å². The minimum Gasteiger partial charge on any atom is -0.367 e. The molecular formula is C26H24ClN3O3. The summed E-state index contributed by atoms with van der Waals surface area (Å²) in [4.78, 5) is 44.8. The number of halogens is 1. The van der Waals surface area contributed by atoms with Crippen molar-refractivity contribution in [3.8, 4) is 0 Å². The fourth-order valence-corrected chi connectivity index (χ4v) is 6.23. The molecule has 2 aromatic carbocycles. The normalized spacial score (nSPS) is 28.1. The van der Waals surface area contributed by atoms with Crippen molar-refractivity contribution >= 4 is 40.7 Å². The van der Waals surface area contributed by atoms with Crippen LogP contribution in [-0.2, 0) is 9.59 Å². The molecule has 2 saturated heterocycles. The number of imide groups is 1. The van der Waals surface area contributed by atoms with E-state index in [4.69, 9.17) is 11.6 Å². The van der Waals surface area contributed by atoms with E-state index in [0.29, 0.717) is 42.5 Å². The molecule has 7 heteroatoms. The van der Waals surface area contributed by atoms with Crippen LogP contribution in [0.4, 0.5) is 11.4 Å². The molecule has 3 fully saturated rings. The zero-order chi connectivity index (χ0) is 22.7. The van der Waals surface area contributed by atoms with E-state index < -0.39 is 0 Å². The first-order valence-electron chi connectivity index (χ1n) is 11.5. The van der Waals surface area contributed by atoms with Gasteiger partial charge in [-0.05, 0) is 48.6 Å². The Balaban J connectivity index is 1.18. The average Bonchev–Trinajstić information content (AvgIpc) is 3.53.